The van der Waals surface area contributed by atoms with Gasteiger partial charge in [-0.05, 0) is 32.6 Å². The first-order valence-corrected chi connectivity index (χ1v) is 11.5. The topological polar surface area (TPSA) is 46.8 Å². The van der Waals surface area contributed by atoms with E-state index in [0.29, 0.717) is 6.04 Å². The Morgan fingerprint density at radius 1 is 1.11 bits per heavy atom. The van der Waals surface area contributed by atoms with E-state index in [1.165, 1.54) is 36.8 Å². The number of thioether (sulfide) groups is 1. The van der Waals surface area contributed by atoms with Crippen molar-refractivity contribution in [1.29, 1.82) is 0 Å². The largest absolute Gasteiger partial charge is 0.341 e. The maximum atomic E-state index is 4.83. The van der Waals surface area contributed by atoms with Gasteiger partial charge in [-0.1, -0.05) is 41.6 Å². The summed E-state index contributed by atoms with van der Waals surface area (Å²) in [6.07, 6.45) is 5.03. The van der Waals surface area contributed by atoms with Gasteiger partial charge in [0.05, 0.1) is 5.69 Å². The molecule has 0 unspecified atom stereocenters. The van der Waals surface area contributed by atoms with E-state index in [1.807, 2.05) is 0 Å². The van der Waals surface area contributed by atoms with Crippen LogP contribution in [0.4, 0.5) is 5.95 Å². The second-order valence-corrected chi connectivity index (χ2v) is 9.18. The van der Waals surface area contributed by atoms with Gasteiger partial charge in [-0.3, -0.25) is 4.57 Å². The highest BCUT2D eigenvalue weighted by Gasteiger charge is 2.32. The van der Waals surface area contributed by atoms with Gasteiger partial charge in [0, 0.05) is 35.8 Å². The molecular formula is C20H23N5S2. The number of thiazole rings is 1. The summed E-state index contributed by atoms with van der Waals surface area (Å²) < 4.78 is 2.38. The van der Waals surface area contributed by atoms with Crippen molar-refractivity contribution in [2.45, 2.75) is 49.6 Å². The number of anilines is 1. The molecule has 0 spiro atoms. The molecule has 2 aromatic heterocycles. The second kappa shape index (κ2) is 7.28. The van der Waals surface area contributed by atoms with Crippen LogP contribution in [0.15, 0.2) is 34.8 Å². The quantitative estimate of drug-likeness (QED) is 0.552. The van der Waals surface area contributed by atoms with Gasteiger partial charge in [0.25, 0.3) is 0 Å². The Kier molecular flexibility index (Phi) is 4.65. The van der Waals surface area contributed by atoms with Gasteiger partial charge in [0.2, 0.25) is 5.95 Å². The zero-order valence-electron chi connectivity index (χ0n) is 15.5. The smallest absolute Gasteiger partial charge is 0.228 e. The maximum Gasteiger partial charge on any atom is 0.228 e. The number of aromatic nitrogens is 4. The van der Waals surface area contributed by atoms with E-state index < -0.39 is 0 Å². The van der Waals surface area contributed by atoms with Crippen molar-refractivity contribution in [3.8, 4) is 10.6 Å². The molecule has 3 aromatic rings. The van der Waals surface area contributed by atoms with Crippen LogP contribution in [0.5, 0.6) is 0 Å². The van der Waals surface area contributed by atoms with Crippen molar-refractivity contribution in [2.75, 3.05) is 18.0 Å². The van der Waals surface area contributed by atoms with Crippen LogP contribution in [0.25, 0.3) is 10.6 Å². The molecule has 2 fully saturated rings. The molecule has 2 aliphatic rings. The monoisotopic (exact) mass is 397 g/mol. The first-order valence-electron chi connectivity index (χ1n) is 9.62. The maximum absolute atomic E-state index is 4.83. The Morgan fingerprint density at radius 2 is 1.89 bits per heavy atom. The van der Waals surface area contributed by atoms with Crippen molar-refractivity contribution in [2.24, 2.45) is 0 Å². The highest BCUT2D eigenvalue weighted by atomic mass is 32.2. The third kappa shape index (κ3) is 3.62. The van der Waals surface area contributed by atoms with Crippen molar-refractivity contribution in [1.82, 2.24) is 19.7 Å². The van der Waals surface area contributed by atoms with Crippen molar-refractivity contribution >= 4 is 29.0 Å². The lowest BCUT2D eigenvalue weighted by atomic mass is 10.2. The summed E-state index contributed by atoms with van der Waals surface area (Å²) in [6.45, 7) is 4.34. The van der Waals surface area contributed by atoms with Gasteiger partial charge < -0.3 is 4.90 Å². The van der Waals surface area contributed by atoms with Gasteiger partial charge in [-0.25, -0.2) is 4.98 Å². The summed E-state index contributed by atoms with van der Waals surface area (Å²) in [7, 11) is 0. The molecule has 0 atom stereocenters. The molecule has 7 heteroatoms. The number of rotatable bonds is 6. The summed E-state index contributed by atoms with van der Waals surface area (Å²) in [4.78, 5) is 7.23. The molecule has 5 nitrogen and oxygen atoms in total. The standard InChI is InChI=1S/C20H23N5S2/c1-14-4-6-15(7-5-14)18-21-16(12-26-18)13-27-20-23-22-19(24-10-2-3-11-24)25(20)17-8-9-17/h4-7,12,17H,2-3,8-11,13H2,1H3. The molecule has 0 bridgehead atoms. The van der Waals surface area contributed by atoms with E-state index in [1.54, 1.807) is 23.1 Å². The van der Waals surface area contributed by atoms with Gasteiger partial charge in [-0.15, -0.1) is 21.5 Å². The lowest BCUT2D eigenvalue weighted by Crippen LogP contribution is -2.22. The summed E-state index contributed by atoms with van der Waals surface area (Å²) in [5.41, 5.74) is 3.59. The predicted octanol–water partition coefficient (Wildman–Crippen LogP) is 4.94. The molecule has 1 aliphatic heterocycles. The number of aryl methyl sites for hydroxylation is 1. The van der Waals surface area contributed by atoms with Crippen LogP contribution in [0.2, 0.25) is 0 Å². The van der Waals surface area contributed by atoms with Crippen molar-refractivity contribution in [3.05, 3.63) is 40.9 Å². The van der Waals surface area contributed by atoms with Crippen LogP contribution in [-0.4, -0.2) is 32.8 Å². The fourth-order valence-corrected chi connectivity index (χ4v) is 5.32. The van der Waals surface area contributed by atoms with E-state index in [4.69, 9.17) is 4.98 Å². The Bertz CT molecular complexity index is 920. The van der Waals surface area contributed by atoms with Gasteiger partial charge in [-0.2, -0.15) is 0 Å². The zero-order valence-corrected chi connectivity index (χ0v) is 17.1. The fraction of sp³-hybridized carbons (Fsp3) is 0.450. The normalized spacial score (nSPS) is 17.0. The molecule has 27 heavy (non-hydrogen) atoms. The molecule has 1 aromatic carbocycles. The summed E-state index contributed by atoms with van der Waals surface area (Å²) in [5, 5.41) is 13.4. The van der Waals surface area contributed by atoms with E-state index in [0.717, 1.165) is 40.6 Å². The Balaban J connectivity index is 1.31. The van der Waals surface area contributed by atoms with Crippen molar-refractivity contribution in [3.63, 3.8) is 0 Å². The summed E-state index contributed by atoms with van der Waals surface area (Å²) in [6, 6.07) is 9.18. The molecule has 140 valence electrons. The second-order valence-electron chi connectivity index (χ2n) is 7.38. The molecule has 1 saturated heterocycles. The van der Waals surface area contributed by atoms with E-state index >= 15 is 0 Å². The van der Waals surface area contributed by atoms with Gasteiger partial charge in [0.1, 0.15) is 5.01 Å². The van der Waals surface area contributed by atoms with E-state index in [-0.39, 0.29) is 0 Å². The van der Waals surface area contributed by atoms with E-state index in [2.05, 4.69) is 56.2 Å². The van der Waals surface area contributed by atoms with Gasteiger partial charge >= 0.3 is 0 Å². The Morgan fingerprint density at radius 3 is 2.63 bits per heavy atom. The predicted molar refractivity (Wildman–Crippen MR) is 112 cm³/mol. The molecule has 1 saturated carbocycles. The number of benzene rings is 1. The Labute approximate surface area is 167 Å². The average molecular weight is 398 g/mol. The molecule has 0 radical (unpaired) electrons. The highest BCUT2D eigenvalue weighted by molar-refractivity contribution is 7.98. The molecule has 0 N–H and O–H groups in total. The van der Waals surface area contributed by atoms with E-state index in [9.17, 15) is 0 Å². The van der Waals surface area contributed by atoms with Crippen LogP contribution >= 0.6 is 23.1 Å². The third-order valence-electron chi connectivity index (χ3n) is 5.15. The first-order chi connectivity index (χ1) is 13.3. The van der Waals surface area contributed by atoms with Crippen LogP contribution in [0.1, 0.15) is 43.0 Å². The molecule has 3 heterocycles. The fourth-order valence-electron chi connectivity index (χ4n) is 3.49. The first kappa shape index (κ1) is 17.3. The molecule has 5 rings (SSSR count). The van der Waals surface area contributed by atoms with Crippen LogP contribution in [-0.2, 0) is 5.75 Å². The molecule has 0 amide bonds. The summed E-state index contributed by atoms with van der Waals surface area (Å²) in [5.74, 6) is 1.92. The highest BCUT2D eigenvalue weighted by Crippen LogP contribution is 2.42. The SMILES string of the molecule is Cc1ccc(-c2nc(CSc3nnc(N4CCCC4)n3C3CC3)cs2)cc1. The Hall–Kier alpha value is -1.86. The number of hydrogen-bond acceptors (Lipinski definition) is 6. The minimum Gasteiger partial charge on any atom is -0.341 e. The molecule has 1 aliphatic carbocycles. The van der Waals surface area contributed by atoms with Crippen LogP contribution in [0, 0.1) is 6.92 Å². The van der Waals surface area contributed by atoms with Gasteiger partial charge in [0.15, 0.2) is 5.16 Å². The number of hydrogen-bond donors (Lipinski definition) is 0. The minimum absolute atomic E-state index is 0.594. The third-order valence-corrected chi connectivity index (χ3v) is 7.06. The number of nitrogens with zero attached hydrogens (tertiary/aromatic N) is 5. The van der Waals surface area contributed by atoms with Crippen LogP contribution < -0.4 is 4.90 Å². The minimum atomic E-state index is 0.594. The summed E-state index contributed by atoms with van der Waals surface area (Å²) >= 11 is 3.48. The van der Waals surface area contributed by atoms with Crippen molar-refractivity contribution < 1.29 is 0 Å². The van der Waals surface area contributed by atoms with Crippen LogP contribution in [0.3, 0.4) is 0 Å². The average Bonchev–Trinajstić information content (AvgIpc) is 3.10. The molecular weight excluding hydrogens is 374 g/mol. The lowest BCUT2D eigenvalue weighted by Gasteiger charge is -2.17. The zero-order chi connectivity index (χ0) is 18.2. The lowest BCUT2D eigenvalue weighted by molar-refractivity contribution is 0.651.